The Balaban J connectivity index is 1.68. The second-order valence-electron chi connectivity index (χ2n) is 6.16. The molecule has 0 aromatic heterocycles. The second kappa shape index (κ2) is 5.75. The van der Waals surface area contributed by atoms with E-state index in [-0.39, 0.29) is 30.2 Å². The molecule has 3 amide bonds. The minimum Gasteiger partial charge on any atom is -0.393 e. The average Bonchev–Trinajstić information content (AvgIpc) is 3.04. The summed E-state index contributed by atoms with van der Waals surface area (Å²) in [5, 5.41) is 12.4. The van der Waals surface area contributed by atoms with Gasteiger partial charge in [0.25, 0.3) is 5.91 Å². The van der Waals surface area contributed by atoms with Crippen LogP contribution in [-0.4, -0.2) is 82.7 Å². The number of nitrogens with zero attached hydrogens (tertiary/aromatic N) is 4. The van der Waals surface area contributed by atoms with Gasteiger partial charge in [-0.3, -0.25) is 14.7 Å². The van der Waals surface area contributed by atoms with E-state index in [4.69, 9.17) is 0 Å². The van der Waals surface area contributed by atoms with Crippen LogP contribution in [0.4, 0.5) is 4.79 Å². The first-order valence-electron chi connectivity index (χ1n) is 7.84. The van der Waals surface area contributed by atoms with E-state index in [0.29, 0.717) is 32.5 Å². The number of amides is 3. The normalized spacial score (nSPS) is 28.5. The van der Waals surface area contributed by atoms with E-state index in [9.17, 15) is 14.7 Å². The molecule has 0 aromatic rings. The number of likely N-dealkylation sites (N-methyl/N-ethyl adjacent to an activating group) is 1. The Hall–Kier alpha value is -1.83. The highest BCUT2D eigenvalue weighted by atomic mass is 16.3. The summed E-state index contributed by atoms with van der Waals surface area (Å²) in [7, 11) is 1.71. The highest BCUT2D eigenvalue weighted by Gasteiger charge is 2.53. The summed E-state index contributed by atoms with van der Waals surface area (Å²) >= 11 is 0. The third kappa shape index (κ3) is 2.41. The highest BCUT2D eigenvalue weighted by molar-refractivity contribution is 6.04. The van der Waals surface area contributed by atoms with Crippen LogP contribution in [0.2, 0.25) is 0 Å². The number of imide groups is 1. The number of rotatable bonds is 5. The van der Waals surface area contributed by atoms with Crippen molar-refractivity contribution in [3.63, 3.8) is 0 Å². The molecular weight excluding hydrogens is 286 g/mol. The first-order chi connectivity index (χ1) is 10.5. The molecule has 3 aliphatic heterocycles. The van der Waals surface area contributed by atoms with E-state index in [0.717, 1.165) is 12.4 Å². The Kier molecular flexibility index (Phi) is 3.94. The summed E-state index contributed by atoms with van der Waals surface area (Å²) < 4.78 is 0. The molecule has 22 heavy (non-hydrogen) atoms. The number of aliphatic hydroxyl groups is 1. The van der Waals surface area contributed by atoms with Gasteiger partial charge in [-0.05, 0) is 26.2 Å². The molecule has 0 bridgehead atoms. The summed E-state index contributed by atoms with van der Waals surface area (Å²) in [4.78, 5) is 34.3. The lowest BCUT2D eigenvalue weighted by atomic mass is 10.1. The Morgan fingerprint density at radius 3 is 2.91 bits per heavy atom. The van der Waals surface area contributed by atoms with Crippen LogP contribution in [0.1, 0.15) is 26.2 Å². The zero-order valence-electron chi connectivity index (χ0n) is 13.0. The van der Waals surface area contributed by atoms with Gasteiger partial charge < -0.3 is 20.2 Å². The predicted molar refractivity (Wildman–Crippen MR) is 80.1 cm³/mol. The molecule has 8 heteroatoms. The SMILES string of the molecule is C[C@@H](O)CCCCN1C(=O)C2C(NC3=NCCN32)N(C)C1=O. The van der Waals surface area contributed by atoms with Gasteiger partial charge in [0, 0.05) is 20.1 Å². The summed E-state index contributed by atoms with van der Waals surface area (Å²) in [5.41, 5.74) is 0. The lowest BCUT2D eigenvalue weighted by molar-refractivity contribution is -0.137. The number of carbonyl (C=O) groups is 2. The number of carbonyl (C=O) groups excluding carboxylic acids is 2. The largest absolute Gasteiger partial charge is 0.393 e. The van der Waals surface area contributed by atoms with Crippen LogP contribution in [0, 0.1) is 0 Å². The predicted octanol–water partition coefficient (Wildman–Crippen LogP) is -0.599. The number of nitrogens with one attached hydrogen (secondary N) is 1. The molecule has 3 rings (SSSR count). The highest BCUT2D eigenvalue weighted by Crippen LogP contribution is 2.26. The fourth-order valence-corrected chi connectivity index (χ4v) is 3.30. The van der Waals surface area contributed by atoms with Crippen molar-refractivity contribution in [3.05, 3.63) is 0 Å². The zero-order chi connectivity index (χ0) is 15.9. The summed E-state index contributed by atoms with van der Waals surface area (Å²) in [6.07, 6.45) is 1.51. The quantitative estimate of drug-likeness (QED) is 0.662. The fraction of sp³-hybridized carbons (Fsp3) is 0.786. The standard InChI is InChI=1S/C14H23N5O3/c1-9(20)5-3-4-7-19-12(21)10-11(17(2)14(19)22)16-13-15-6-8-18(10)13/h9-11,20H,3-8H2,1-2H3,(H,15,16)/t9-,10?,11?/m1/s1. The molecule has 8 nitrogen and oxygen atoms in total. The maximum absolute atomic E-state index is 12.7. The molecule has 0 aromatic carbocycles. The van der Waals surface area contributed by atoms with Gasteiger partial charge in [0.2, 0.25) is 0 Å². The van der Waals surface area contributed by atoms with Crippen molar-refractivity contribution in [3.8, 4) is 0 Å². The second-order valence-corrected chi connectivity index (χ2v) is 6.16. The van der Waals surface area contributed by atoms with E-state index in [1.807, 2.05) is 4.90 Å². The van der Waals surface area contributed by atoms with Crippen molar-refractivity contribution in [2.45, 2.75) is 44.5 Å². The van der Waals surface area contributed by atoms with Gasteiger partial charge in [-0.25, -0.2) is 4.79 Å². The molecule has 3 aliphatic rings. The molecular formula is C14H23N5O3. The van der Waals surface area contributed by atoms with Crippen LogP contribution < -0.4 is 5.32 Å². The number of hydrogen-bond donors (Lipinski definition) is 2. The molecule has 0 spiro atoms. The topological polar surface area (TPSA) is 88.5 Å². The summed E-state index contributed by atoms with van der Waals surface area (Å²) in [6, 6.07) is -0.640. The molecule has 122 valence electrons. The number of aliphatic hydroxyl groups excluding tert-OH is 1. The van der Waals surface area contributed by atoms with Crippen molar-refractivity contribution < 1.29 is 14.7 Å². The monoisotopic (exact) mass is 309 g/mol. The van der Waals surface area contributed by atoms with Gasteiger partial charge in [-0.15, -0.1) is 0 Å². The lowest BCUT2D eigenvalue weighted by Crippen LogP contribution is -2.66. The van der Waals surface area contributed by atoms with Crippen molar-refractivity contribution in [1.82, 2.24) is 20.0 Å². The summed E-state index contributed by atoms with van der Waals surface area (Å²) in [6.45, 7) is 3.55. The summed E-state index contributed by atoms with van der Waals surface area (Å²) in [5.74, 6) is 0.573. The van der Waals surface area contributed by atoms with E-state index in [1.165, 1.54) is 4.90 Å². The van der Waals surface area contributed by atoms with E-state index in [2.05, 4.69) is 10.3 Å². The van der Waals surface area contributed by atoms with Crippen LogP contribution in [0.3, 0.4) is 0 Å². The molecule has 0 aliphatic carbocycles. The van der Waals surface area contributed by atoms with E-state index < -0.39 is 0 Å². The smallest absolute Gasteiger partial charge is 0.328 e. The molecule has 2 unspecified atom stereocenters. The van der Waals surface area contributed by atoms with Crippen LogP contribution >= 0.6 is 0 Å². The number of urea groups is 1. The number of hydrogen-bond acceptors (Lipinski definition) is 6. The maximum atomic E-state index is 12.7. The third-order valence-electron chi connectivity index (χ3n) is 4.51. The number of fused-ring (bicyclic) bond motifs is 3. The van der Waals surface area contributed by atoms with Crippen LogP contribution in [0.25, 0.3) is 0 Å². The Bertz CT molecular complexity index is 507. The van der Waals surface area contributed by atoms with Gasteiger partial charge in [-0.2, -0.15) is 0 Å². The minimum absolute atomic E-state index is 0.148. The molecule has 0 radical (unpaired) electrons. The number of unbranched alkanes of at least 4 members (excludes halogenated alkanes) is 1. The van der Waals surface area contributed by atoms with Gasteiger partial charge in [-0.1, -0.05) is 0 Å². The molecule has 3 heterocycles. The minimum atomic E-state index is -0.374. The van der Waals surface area contributed by atoms with Gasteiger partial charge in [0.15, 0.2) is 12.0 Å². The first-order valence-corrected chi connectivity index (χ1v) is 7.84. The molecule has 2 saturated heterocycles. The van der Waals surface area contributed by atoms with Gasteiger partial charge in [0.05, 0.1) is 12.6 Å². The Morgan fingerprint density at radius 2 is 2.18 bits per heavy atom. The van der Waals surface area contributed by atoms with Crippen LogP contribution in [-0.2, 0) is 4.79 Å². The van der Waals surface area contributed by atoms with Gasteiger partial charge in [0.1, 0.15) is 6.17 Å². The van der Waals surface area contributed by atoms with E-state index >= 15 is 0 Å². The number of guanidine groups is 1. The van der Waals surface area contributed by atoms with Gasteiger partial charge >= 0.3 is 6.03 Å². The van der Waals surface area contributed by atoms with Crippen LogP contribution in [0.5, 0.6) is 0 Å². The first kappa shape index (κ1) is 15.1. The van der Waals surface area contributed by atoms with E-state index in [1.54, 1.807) is 18.9 Å². The maximum Gasteiger partial charge on any atom is 0.328 e. The van der Waals surface area contributed by atoms with Crippen molar-refractivity contribution >= 4 is 17.9 Å². The molecule has 0 saturated carbocycles. The van der Waals surface area contributed by atoms with Crippen molar-refractivity contribution in [2.75, 3.05) is 26.7 Å². The van der Waals surface area contributed by atoms with Crippen molar-refractivity contribution in [2.24, 2.45) is 4.99 Å². The fourth-order valence-electron chi connectivity index (χ4n) is 3.30. The van der Waals surface area contributed by atoms with Crippen LogP contribution in [0.15, 0.2) is 4.99 Å². The molecule has 2 fully saturated rings. The average molecular weight is 309 g/mol. The lowest BCUT2D eigenvalue weighted by Gasteiger charge is -2.40. The number of aliphatic imine (C=N–C) groups is 1. The third-order valence-corrected chi connectivity index (χ3v) is 4.51. The molecule has 2 N–H and O–H groups in total. The Morgan fingerprint density at radius 1 is 1.41 bits per heavy atom. The molecule has 3 atom stereocenters. The zero-order valence-corrected chi connectivity index (χ0v) is 13.0. The van der Waals surface area contributed by atoms with Crippen molar-refractivity contribution in [1.29, 1.82) is 0 Å². The Labute approximate surface area is 129 Å².